The van der Waals surface area contributed by atoms with E-state index in [2.05, 4.69) is 36.1 Å². The van der Waals surface area contributed by atoms with Crippen molar-refractivity contribution in [2.45, 2.75) is 58.5 Å². The molecule has 3 saturated heterocycles. The highest BCUT2D eigenvalue weighted by Crippen LogP contribution is 2.28. The lowest BCUT2D eigenvalue weighted by Crippen LogP contribution is -2.45. The van der Waals surface area contributed by atoms with Crippen LogP contribution in [0.25, 0.3) is 0 Å². The van der Waals surface area contributed by atoms with E-state index in [4.69, 9.17) is 9.47 Å². The SMILES string of the molecule is CC(C)[C@H]1COC(=O)N1c1ccnc(N[C@@H](C)C2CCN(C(=O)C3CCOCC3)CC2)n1. The van der Waals surface area contributed by atoms with Gasteiger partial charge in [-0.2, -0.15) is 4.98 Å². The highest BCUT2D eigenvalue weighted by molar-refractivity contribution is 5.89. The zero-order chi connectivity index (χ0) is 22.7. The van der Waals surface area contributed by atoms with Crippen molar-refractivity contribution in [3.63, 3.8) is 0 Å². The third-order valence-corrected chi connectivity index (χ3v) is 7.05. The molecule has 0 saturated carbocycles. The van der Waals surface area contributed by atoms with Gasteiger partial charge in [0.2, 0.25) is 11.9 Å². The maximum Gasteiger partial charge on any atom is 0.415 e. The van der Waals surface area contributed by atoms with Crippen LogP contribution in [-0.2, 0) is 14.3 Å². The summed E-state index contributed by atoms with van der Waals surface area (Å²) in [7, 11) is 0. The molecule has 2 atom stereocenters. The fraction of sp³-hybridized carbons (Fsp3) is 0.739. The number of cyclic esters (lactones) is 1. The lowest BCUT2D eigenvalue weighted by Gasteiger charge is -2.37. The number of nitrogens with one attached hydrogen (secondary N) is 1. The quantitative estimate of drug-likeness (QED) is 0.719. The predicted molar refractivity (Wildman–Crippen MR) is 120 cm³/mol. The number of likely N-dealkylation sites (tertiary alicyclic amines) is 1. The Morgan fingerprint density at radius 1 is 1.16 bits per heavy atom. The summed E-state index contributed by atoms with van der Waals surface area (Å²) in [6, 6.07) is 1.88. The molecule has 32 heavy (non-hydrogen) atoms. The van der Waals surface area contributed by atoms with Crippen molar-refractivity contribution in [1.82, 2.24) is 14.9 Å². The zero-order valence-electron chi connectivity index (χ0n) is 19.3. The second-order valence-electron chi connectivity index (χ2n) is 9.48. The number of anilines is 2. The molecule has 176 valence electrons. The van der Waals surface area contributed by atoms with Crippen LogP contribution >= 0.6 is 0 Å². The average Bonchev–Trinajstić information content (AvgIpc) is 3.21. The van der Waals surface area contributed by atoms with Gasteiger partial charge in [-0.25, -0.2) is 9.78 Å². The molecule has 0 aliphatic carbocycles. The van der Waals surface area contributed by atoms with Gasteiger partial charge in [0.25, 0.3) is 0 Å². The third-order valence-electron chi connectivity index (χ3n) is 7.05. The highest BCUT2D eigenvalue weighted by Gasteiger charge is 2.37. The van der Waals surface area contributed by atoms with E-state index < -0.39 is 0 Å². The molecule has 1 aromatic rings. The van der Waals surface area contributed by atoms with E-state index in [9.17, 15) is 9.59 Å². The molecule has 2 amide bonds. The van der Waals surface area contributed by atoms with Crippen molar-refractivity contribution in [3.05, 3.63) is 12.3 Å². The number of rotatable bonds is 6. The summed E-state index contributed by atoms with van der Waals surface area (Å²) in [6.45, 7) is 9.64. The van der Waals surface area contributed by atoms with Crippen LogP contribution in [0.5, 0.6) is 0 Å². The molecule has 3 aliphatic rings. The van der Waals surface area contributed by atoms with Crippen molar-refractivity contribution in [2.24, 2.45) is 17.8 Å². The van der Waals surface area contributed by atoms with Gasteiger partial charge in [-0.1, -0.05) is 13.8 Å². The predicted octanol–water partition coefficient (Wildman–Crippen LogP) is 2.92. The molecule has 1 N–H and O–H groups in total. The molecule has 0 aromatic carbocycles. The first kappa shape index (κ1) is 22.8. The summed E-state index contributed by atoms with van der Waals surface area (Å²) >= 11 is 0. The number of amides is 2. The Morgan fingerprint density at radius 3 is 2.56 bits per heavy atom. The second kappa shape index (κ2) is 10.0. The van der Waals surface area contributed by atoms with Crippen molar-refractivity contribution < 1.29 is 19.1 Å². The Balaban J connectivity index is 1.33. The van der Waals surface area contributed by atoms with E-state index in [-0.39, 0.29) is 30.0 Å². The average molecular weight is 446 g/mol. The minimum atomic E-state index is -0.358. The number of nitrogens with zero attached hydrogens (tertiary/aromatic N) is 4. The molecule has 0 bridgehead atoms. The van der Waals surface area contributed by atoms with Crippen LogP contribution in [-0.4, -0.2) is 71.9 Å². The van der Waals surface area contributed by atoms with Gasteiger partial charge in [0.15, 0.2) is 0 Å². The van der Waals surface area contributed by atoms with Gasteiger partial charge in [0, 0.05) is 44.5 Å². The number of hydrogen-bond donors (Lipinski definition) is 1. The van der Waals surface area contributed by atoms with Gasteiger partial charge in [-0.15, -0.1) is 0 Å². The molecule has 9 nitrogen and oxygen atoms in total. The Kier molecular flexibility index (Phi) is 7.13. The lowest BCUT2D eigenvalue weighted by molar-refractivity contribution is -0.140. The summed E-state index contributed by atoms with van der Waals surface area (Å²) in [5, 5.41) is 3.42. The molecule has 4 rings (SSSR count). The zero-order valence-corrected chi connectivity index (χ0v) is 19.3. The summed E-state index contributed by atoms with van der Waals surface area (Å²) in [5.74, 6) is 2.19. The van der Waals surface area contributed by atoms with Crippen LogP contribution < -0.4 is 10.2 Å². The molecule has 0 spiro atoms. The number of carbonyl (C=O) groups is 2. The Morgan fingerprint density at radius 2 is 1.88 bits per heavy atom. The number of ether oxygens (including phenoxy) is 2. The number of carbonyl (C=O) groups excluding carboxylic acids is 2. The first-order valence-corrected chi connectivity index (χ1v) is 11.9. The fourth-order valence-electron chi connectivity index (χ4n) is 4.89. The van der Waals surface area contributed by atoms with Gasteiger partial charge >= 0.3 is 6.09 Å². The third kappa shape index (κ3) is 4.98. The Labute approximate surface area is 189 Å². The van der Waals surface area contributed by atoms with E-state index in [1.54, 1.807) is 17.2 Å². The molecular formula is C23H35N5O4. The van der Waals surface area contributed by atoms with Crippen molar-refractivity contribution in [1.29, 1.82) is 0 Å². The first-order chi connectivity index (χ1) is 15.4. The molecule has 9 heteroatoms. The van der Waals surface area contributed by atoms with Crippen molar-refractivity contribution in [3.8, 4) is 0 Å². The van der Waals surface area contributed by atoms with Gasteiger partial charge in [0.05, 0.1) is 6.04 Å². The summed E-state index contributed by atoms with van der Waals surface area (Å²) in [4.78, 5) is 37.7. The van der Waals surface area contributed by atoms with Crippen LogP contribution in [0, 0.1) is 17.8 Å². The summed E-state index contributed by atoms with van der Waals surface area (Å²) < 4.78 is 10.6. The molecule has 3 fully saturated rings. The minimum Gasteiger partial charge on any atom is -0.447 e. The van der Waals surface area contributed by atoms with E-state index in [0.29, 0.717) is 43.4 Å². The Hall–Kier alpha value is -2.42. The van der Waals surface area contributed by atoms with E-state index in [1.165, 1.54) is 0 Å². The number of aromatic nitrogens is 2. The van der Waals surface area contributed by atoms with E-state index >= 15 is 0 Å². The molecule has 1 aromatic heterocycles. The van der Waals surface area contributed by atoms with Crippen molar-refractivity contribution >= 4 is 23.8 Å². The normalized spacial score (nSPS) is 24.0. The monoisotopic (exact) mass is 445 g/mol. The highest BCUT2D eigenvalue weighted by atomic mass is 16.6. The van der Waals surface area contributed by atoms with E-state index in [0.717, 1.165) is 38.8 Å². The summed E-state index contributed by atoms with van der Waals surface area (Å²) in [6.07, 6.45) is 4.91. The molecule has 4 heterocycles. The Bertz CT molecular complexity index is 805. The molecular weight excluding hydrogens is 410 g/mol. The minimum absolute atomic E-state index is 0.0275. The van der Waals surface area contributed by atoms with Gasteiger partial charge in [-0.05, 0) is 50.5 Å². The maximum absolute atomic E-state index is 12.8. The maximum atomic E-state index is 12.8. The van der Waals surface area contributed by atoms with Crippen LogP contribution in [0.2, 0.25) is 0 Å². The van der Waals surface area contributed by atoms with Crippen LogP contribution in [0.1, 0.15) is 46.5 Å². The smallest absolute Gasteiger partial charge is 0.415 e. The standard InChI is InChI=1S/C23H35N5O4/c1-15(2)19-14-32-23(30)28(19)20-4-9-24-22(26-20)25-16(3)17-5-10-27(11-6-17)21(29)18-7-12-31-13-8-18/h4,9,15-19H,5-8,10-14H2,1-3H3,(H,24,25,26)/t16-,19+/m0/s1. The molecule has 3 aliphatic heterocycles. The van der Waals surface area contributed by atoms with Gasteiger partial charge in [0.1, 0.15) is 12.4 Å². The van der Waals surface area contributed by atoms with Crippen LogP contribution in [0.3, 0.4) is 0 Å². The summed E-state index contributed by atoms with van der Waals surface area (Å²) in [5.41, 5.74) is 0. The van der Waals surface area contributed by atoms with Gasteiger partial charge < -0.3 is 19.7 Å². The fourth-order valence-corrected chi connectivity index (χ4v) is 4.89. The number of hydrogen-bond acceptors (Lipinski definition) is 7. The van der Waals surface area contributed by atoms with E-state index in [1.807, 2.05) is 4.90 Å². The second-order valence-corrected chi connectivity index (χ2v) is 9.48. The topological polar surface area (TPSA) is 96.9 Å². The molecule has 0 unspecified atom stereocenters. The molecule has 0 radical (unpaired) electrons. The van der Waals surface area contributed by atoms with Crippen LogP contribution in [0.4, 0.5) is 16.6 Å². The lowest BCUT2D eigenvalue weighted by atomic mass is 9.89. The van der Waals surface area contributed by atoms with Crippen molar-refractivity contribution in [2.75, 3.05) is 43.1 Å². The first-order valence-electron chi connectivity index (χ1n) is 11.9. The number of piperidine rings is 1. The van der Waals surface area contributed by atoms with Crippen LogP contribution in [0.15, 0.2) is 12.3 Å². The van der Waals surface area contributed by atoms with Gasteiger partial charge in [-0.3, -0.25) is 9.69 Å². The largest absolute Gasteiger partial charge is 0.447 e.